The molecule has 3 aromatic rings. The molecule has 0 aliphatic carbocycles. The van der Waals surface area contributed by atoms with Gasteiger partial charge in [-0.25, -0.2) is 0 Å². The number of nitrogens with one attached hydrogen (secondary N) is 3. The van der Waals surface area contributed by atoms with Gasteiger partial charge in [-0.1, -0.05) is 6.07 Å². The van der Waals surface area contributed by atoms with Crippen molar-refractivity contribution in [3.8, 4) is 22.8 Å². The van der Waals surface area contributed by atoms with Crippen LogP contribution in [0, 0.1) is 5.41 Å². The van der Waals surface area contributed by atoms with Crippen LogP contribution in [0.2, 0.25) is 0 Å². The van der Waals surface area contributed by atoms with Crippen LogP contribution in [0.4, 0.5) is 5.69 Å². The summed E-state index contributed by atoms with van der Waals surface area (Å²) in [6.45, 7) is 2.59. The van der Waals surface area contributed by atoms with Crippen LogP contribution >= 0.6 is 0 Å². The van der Waals surface area contributed by atoms with Crippen molar-refractivity contribution in [3.63, 3.8) is 0 Å². The second-order valence-electron chi connectivity index (χ2n) is 8.41. The molecule has 2 aromatic carbocycles. The molecule has 0 unspecified atom stereocenters. The van der Waals surface area contributed by atoms with Gasteiger partial charge in [-0.3, -0.25) is 9.78 Å². The number of ether oxygens (including phenoxy) is 1. The lowest BCUT2D eigenvalue weighted by atomic mass is 10.0. The highest BCUT2D eigenvalue weighted by molar-refractivity contribution is 5.99. The van der Waals surface area contributed by atoms with Gasteiger partial charge < -0.3 is 25.7 Å². The van der Waals surface area contributed by atoms with Gasteiger partial charge in [0.15, 0.2) is 0 Å². The monoisotopic (exact) mass is 441 g/mol. The molecule has 1 fully saturated rings. The van der Waals surface area contributed by atoms with E-state index in [2.05, 4.69) is 21.7 Å². The first kappa shape index (κ1) is 21.2. The van der Waals surface area contributed by atoms with Crippen LogP contribution in [0.15, 0.2) is 54.7 Å². The number of amides is 1. The molecule has 3 N–H and O–H groups in total. The zero-order valence-electron chi connectivity index (χ0n) is 18.6. The van der Waals surface area contributed by atoms with Crippen molar-refractivity contribution >= 4 is 17.8 Å². The first-order valence-corrected chi connectivity index (χ1v) is 11.3. The number of aromatic nitrogens is 1. The van der Waals surface area contributed by atoms with E-state index < -0.39 is 0 Å². The maximum atomic E-state index is 12.9. The Hall–Kier alpha value is -3.71. The van der Waals surface area contributed by atoms with E-state index in [1.54, 1.807) is 6.20 Å². The van der Waals surface area contributed by atoms with Gasteiger partial charge >= 0.3 is 0 Å². The van der Waals surface area contributed by atoms with Crippen LogP contribution in [-0.2, 0) is 6.54 Å². The summed E-state index contributed by atoms with van der Waals surface area (Å²) >= 11 is 0. The molecule has 5 rings (SSSR count). The number of carbonyl (C=O) groups excluding carboxylic acids is 1. The summed E-state index contributed by atoms with van der Waals surface area (Å²) in [5.74, 6) is 1.50. The largest absolute Gasteiger partial charge is 0.457 e. The molecule has 2 aliphatic rings. The molecule has 1 amide bonds. The number of piperidine rings is 1. The number of anilines is 1. The molecule has 168 valence electrons. The SMILES string of the molecule is CNc1cc(Oc2ccnc(-c3ccc4c(c3)CN(C3CCNCC3)C4=O)c2)ccc1C=N. The maximum absolute atomic E-state index is 12.9. The zero-order valence-corrected chi connectivity index (χ0v) is 18.6. The van der Waals surface area contributed by atoms with Gasteiger partial charge in [0.1, 0.15) is 11.5 Å². The van der Waals surface area contributed by atoms with Crippen molar-refractivity contribution in [1.82, 2.24) is 15.2 Å². The Morgan fingerprint density at radius 3 is 2.73 bits per heavy atom. The molecular formula is C26H27N5O2. The highest BCUT2D eigenvalue weighted by atomic mass is 16.5. The maximum Gasteiger partial charge on any atom is 0.254 e. The molecule has 0 atom stereocenters. The lowest BCUT2D eigenvalue weighted by Crippen LogP contribution is -2.43. The van der Waals surface area contributed by atoms with Crippen molar-refractivity contribution in [2.45, 2.75) is 25.4 Å². The van der Waals surface area contributed by atoms with Crippen molar-refractivity contribution in [1.29, 1.82) is 5.41 Å². The van der Waals surface area contributed by atoms with Crippen LogP contribution in [0.3, 0.4) is 0 Å². The van der Waals surface area contributed by atoms with Crippen LogP contribution in [0.25, 0.3) is 11.3 Å². The summed E-state index contributed by atoms with van der Waals surface area (Å²) in [6.07, 6.45) is 5.05. The van der Waals surface area contributed by atoms with E-state index >= 15 is 0 Å². The highest BCUT2D eigenvalue weighted by Gasteiger charge is 2.33. The number of rotatable bonds is 6. The Morgan fingerprint density at radius 1 is 1.12 bits per heavy atom. The third-order valence-electron chi connectivity index (χ3n) is 6.40. The fourth-order valence-corrected chi connectivity index (χ4v) is 4.63. The Balaban J connectivity index is 1.37. The Kier molecular flexibility index (Phi) is 5.79. The average Bonchev–Trinajstić information content (AvgIpc) is 3.20. The van der Waals surface area contributed by atoms with Gasteiger partial charge in [-0.15, -0.1) is 0 Å². The lowest BCUT2D eigenvalue weighted by Gasteiger charge is -2.31. The molecule has 0 spiro atoms. The van der Waals surface area contributed by atoms with Crippen molar-refractivity contribution in [2.24, 2.45) is 0 Å². The summed E-state index contributed by atoms with van der Waals surface area (Å²) in [4.78, 5) is 19.5. The molecule has 7 nitrogen and oxygen atoms in total. The van der Waals surface area contributed by atoms with E-state index in [1.807, 2.05) is 54.4 Å². The standard InChI is InChI=1S/C26H27N5O2/c1-28-24-13-21(4-2-18(24)15-27)33-22-8-11-30-25(14-22)17-3-5-23-19(12-17)16-31(26(23)32)20-6-9-29-10-7-20/h2-5,8,11-15,20,27-29H,6-7,9-10,16H2,1H3. The van der Waals surface area contributed by atoms with Crippen LogP contribution in [0.1, 0.15) is 34.3 Å². The minimum absolute atomic E-state index is 0.141. The van der Waals surface area contributed by atoms with E-state index in [4.69, 9.17) is 10.1 Å². The number of pyridine rings is 1. The van der Waals surface area contributed by atoms with Gasteiger partial charge in [0.05, 0.1) is 5.69 Å². The fraction of sp³-hybridized carbons (Fsp3) is 0.269. The van der Waals surface area contributed by atoms with Crippen molar-refractivity contribution < 1.29 is 9.53 Å². The summed E-state index contributed by atoms with van der Waals surface area (Å²) in [7, 11) is 1.82. The van der Waals surface area contributed by atoms with Crippen molar-refractivity contribution in [3.05, 3.63) is 71.4 Å². The minimum atomic E-state index is 0.141. The predicted molar refractivity (Wildman–Crippen MR) is 129 cm³/mol. The summed E-state index contributed by atoms with van der Waals surface area (Å²) in [6, 6.07) is 15.6. The number of fused-ring (bicyclic) bond motifs is 1. The van der Waals surface area contributed by atoms with Gasteiger partial charge in [-0.2, -0.15) is 0 Å². The molecule has 0 radical (unpaired) electrons. The molecule has 0 bridgehead atoms. The predicted octanol–water partition coefficient (Wildman–Crippen LogP) is 4.29. The average molecular weight is 442 g/mol. The van der Waals surface area contributed by atoms with Crippen LogP contribution in [-0.4, -0.2) is 48.2 Å². The smallest absolute Gasteiger partial charge is 0.254 e. The molecule has 2 aliphatic heterocycles. The topological polar surface area (TPSA) is 90.3 Å². The zero-order chi connectivity index (χ0) is 22.8. The third kappa shape index (κ3) is 4.19. The van der Waals surface area contributed by atoms with Crippen LogP contribution < -0.4 is 15.4 Å². The quantitative estimate of drug-likeness (QED) is 0.497. The molecule has 3 heterocycles. The Bertz CT molecular complexity index is 1200. The minimum Gasteiger partial charge on any atom is -0.457 e. The molecule has 7 heteroatoms. The lowest BCUT2D eigenvalue weighted by molar-refractivity contribution is 0.0668. The summed E-state index contributed by atoms with van der Waals surface area (Å²) in [5.41, 5.74) is 5.26. The van der Waals surface area contributed by atoms with Crippen molar-refractivity contribution in [2.75, 3.05) is 25.5 Å². The molecule has 33 heavy (non-hydrogen) atoms. The van der Waals surface area contributed by atoms with Gasteiger partial charge in [-0.05, 0) is 61.8 Å². The van der Waals surface area contributed by atoms with E-state index in [0.717, 1.165) is 59.6 Å². The number of hydrogen-bond acceptors (Lipinski definition) is 6. The summed E-state index contributed by atoms with van der Waals surface area (Å²) < 4.78 is 6.07. The molecule has 1 aromatic heterocycles. The molecule has 1 saturated heterocycles. The normalized spacial score (nSPS) is 15.9. The number of nitrogens with zero attached hydrogens (tertiary/aromatic N) is 2. The van der Waals surface area contributed by atoms with E-state index in [1.165, 1.54) is 6.21 Å². The highest BCUT2D eigenvalue weighted by Crippen LogP contribution is 2.32. The number of benzene rings is 2. The first-order chi connectivity index (χ1) is 16.2. The van der Waals surface area contributed by atoms with E-state index in [-0.39, 0.29) is 5.91 Å². The van der Waals surface area contributed by atoms with E-state index in [9.17, 15) is 4.79 Å². The third-order valence-corrected chi connectivity index (χ3v) is 6.40. The van der Waals surface area contributed by atoms with E-state index in [0.29, 0.717) is 24.1 Å². The number of hydrogen-bond donors (Lipinski definition) is 3. The van der Waals surface area contributed by atoms with Gasteiger partial charge in [0, 0.05) is 66.6 Å². The van der Waals surface area contributed by atoms with Gasteiger partial charge in [0.25, 0.3) is 5.91 Å². The Morgan fingerprint density at radius 2 is 1.94 bits per heavy atom. The molecule has 0 saturated carbocycles. The second kappa shape index (κ2) is 9.03. The summed E-state index contributed by atoms with van der Waals surface area (Å²) in [5, 5.41) is 14.0. The fourth-order valence-electron chi connectivity index (χ4n) is 4.63. The number of carbonyl (C=O) groups is 1. The Labute approximate surface area is 193 Å². The first-order valence-electron chi connectivity index (χ1n) is 11.3. The second-order valence-corrected chi connectivity index (χ2v) is 8.41. The van der Waals surface area contributed by atoms with Crippen LogP contribution in [0.5, 0.6) is 11.5 Å². The van der Waals surface area contributed by atoms with Gasteiger partial charge in [0.2, 0.25) is 0 Å². The molecular weight excluding hydrogens is 414 g/mol.